The molecule has 0 spiro atoms. The van der Waals surface area contributed by atoms with Gasteiger partial charge < -0.3 is 5.11 Å². The van der Waals surface area contributed by atoms with Crippen molar-refractivity contribution in [1.29, 1.82) is 0 Å². The first-order chi connectivity index (χ1) is 12.8. The standard InChI is InChI=1S/C20H14Cl2O4S/c21-16-6-9-18(19(22)11-16)14-4-7-17(8-5-14)27(25,26)12-13-2-1-3-15(10-13)20(23)24/h1-11H,12H2,(H,23,24). The number of benzene rings is 3. The van der Waals surface area contributed by atoms with E-state index in [2.05, 4.69) is 0 Å². The zero-order valence-corrected chi connectivity index (χ0v) is 16.2. The lowest BCUT2D eigenvalue weighted by Gasteiger charge is -2.08. The second-order valence-corrected chi connectivity index (χ2v) is 8.75. The lowest BCUT2D eigenvalue weighted by atomic mass is 10.1. The number of carboxylic acid groups (broad SMARTS) is 1. The van der Waals surface area contributed by atoms with Crippen molar-refractivity contribution in [2.75, 3.05) is 0 Å². The van der Waals surface area contributed by atoms with E-state index >= 15 is 0 Å². The molecule has 0 aliphatic rings. The molecule has 0 aromatic heterocycles. The van der Waals surface area contributed by atoms with Gasteiger partial charge in [-0.25, -0.2) is 13.2 Å². The lowest BCUT2D eigenvalue weighted by Crippen LogP contribution is -2.06. The summed E-state index contributed by atoms with van der Waals surface area (Å²) in [6.07, 6.45) is 0. The number of hydrogen-bond acceptors (Lipinski definition) is 3. The highest BCUT2D eigenvalue weighted by atomic mass is 35.5. The third kappa shape index (κ3) is 4.50. The third-order valence-electron chi connectivity index (χ3n) is 3.99. The van der Waals surface area contributed by atoms with Crippen LogP contribution in [-0.2, 0) is 15.6 Å². The van der Waals surface area contributed by atoms with Crippen LogP contribution in [0.25, 0.3) is 11.1 Å². The van der Waals surface area contributed by atoms with Crippen LogP contribution in [0.15, 0.2) is 71.6 Å². The maximum Gasteiger partial charge on any atom is 0.335 e. The molecule has 0 fully saturated rings. The Morgan fingerprint density at radius 3 is 2.26 bits per heavy atom. The Hall–Kier alpha value is -2.34. The molecule has 3 aromatic carbocycles. The molecule has 0 aliphatic heterocycles. The lowest BCUT2D eigenvalue weighted by molar-refractivity contribution is 0.0696. The molecule has 0 unspecified atom stereocenters. The average Bonchev–Trinajstić information content (AvgIpc) is 2.62. The maximum absolute atomic E-state index is 12.7. The van der Waals surface area contributed by atoms with E-state index in [1.165, 1.54) is 30.3 Å². The SMILES string of the molecule is O=C(O)c1cccc(CS(=O)(=O)c2ccc(-c3ccc(Cl)cc3Cl)cc2)c1. The molecule has 0 bridgehead atoms. The van der Waals surface area contributed by atoms with Gasteiger partial charge in [-0.05, 0) is 47.5 Å². The summed E-state index contributed by atoms with van der Waals surface area (Å²) in [5, 5.41) is 10.0. The Morgan fingerprint density at radius 1 is 0.926 bits per heavy atom. The predicted octanol–water partition coefficient (Wildman–Crippen LogP) is 5.33. The summed E-state index contributed by atoms with van der Waals surface area (Å²) in [4.78, 5) is 11.2. The quantitative estimate of drug-likeness (QED) is 0.604. The van der Waals surface area contributed by atoms with E-state index < -0.39 is 15.8 Å². The van der Waals surface area contributed by atoms with Gasteiger partial charge in [0.1, 0.15) is 0 Å². The van der Waals surface area contributed by atoms with Crippen LogP contribution in [0.5, 0.6) is 0 Å². The molecule has 7 heteroatoms. The number of rotatable bonds is 5. The molecule has 3 rings (SSSR count). The monoisotopic (exact) mass is 420 g/mol. The van der Waals surface area contributed by atoms with Gasteiger partial charge in [0.2, 0.25) is 0 Å². The van der Waals surface area contributed by atoms with Gasteiger partial charge in [0.25, 0.3) is 0 Å². The molecule has 27 heavy (non-hydrogen) atoms. The van der Waals surface area contributed by atoms with Crippen LogP contribution in [0.1, 0.15) is 15.9 Å². The number of carbonyl (C=O) groups is 1. The highest BCUT2D eigenvalue weighted by Gasteiger charge is 2.17. The molecule has 0 amide bonds. The van der Waals surface area contributed by atoms with Crippen molar-refractivity contribution in [1.82, 2.24) is 0 Å². The Balaban J connectivity index is 1.87. The van der Waals surface area contributed by atoms with Gasteiger partial charge in [-0.3, -0.25) is 0 Å². The number of aromatic carboxylic acids is 1. The highest BCUT2D eigenvalue weighted by molar-refractivity contribution is 7.90. The van der Waals surface area contributed by atoms with Crippen molar-refractivity contribution in [3.63, 3.8) is 0 Å². The third-order valence-corrected chi connectivity index (χ3v) is 6.24. The normalized spacial score (nSPS) is 11.3. The van der Waals surface area contributed by atoms with Crippen LogP contribution in [0.4, 0.5) is 0 Å². The van der Waals surface area contributed by atoms with Gasteiger partial charge in [-0.15, -0.1) is 0 Å². The van der Waals surface area contributed by atoms with E-state index in [0.29, 0.717) is 15.6 Å². The van der Waals surface area contributed by atoms with Gasteiger partial charge in [0.05, 0.1) is 16.2 Å². The van der Waals surface area contributed by atoms with Crippen molar-refractivity contribution in [2.24, 2.45) is 0 Å². The van der Waals surface area contributed by atoms with E-state index in [4.69, 9.17) is 28.3 Å². The fourth-order valence-corrected chi connectivity index (χ4v) is 4.52. The fourth-order valence-electron chi connectivity index (χ4n) is 2.66. The van der Waals surface area contributed by atoms with Crippen molar-refractivity contribution in [3.8, 4) is 11.1 Å². The Kier molecular flexibility index (Phi) is 5.56. The van der Waals surface area contributed by atoms with Gasteiger partial charge >= 0.3 is 5.97 Å². The minimum absolute atomic E-state index is 0.0513. The van der Waals surface area contributed by atoms with Crippen molar-refractivity contribution >= 4 is 39.0 Å². The summed E-state index contributed by atoms with van der Waals surface area (Å²) in [5.74, 6) is -1.38. The van der Waals surface area contributed by atoms with Gasteiger partial charge in [0, 0.05) is 15.6 Å². The summed E-state index contributed by atoms with van der Waals surface area (Å²) < 4.78 is 25.3. The zero-order valence-electron chi connectivity index (χ0n) is 13.9. The number of sulfone groups is 1. The van der Waals surface area contributed by atoms with E-state index in [1.54, 1.807) is 36.4 Å². The van der Waals surface area contributed by atoms with Crippen molar-refractivity contribution in [3.05, 3.63) is 87.9 Å². The summed E-state index contributed by atoms with van der Waals surface area (Å²) >= 11 is 12.1. The van der Waals surface area contributed by atoms with Crippen LogP contribution in [0.2, 0.25) is 10.0 Å². The molecule has 0 aliphatic carbocycles. The minimum atomic E-state index is -3.62. The zero-order chi connectivity index (χ0) is 19.6. The summed E-state index contributed by atoms with van der Waals surface area (Å²) in [7, 11) is -3.62. The highest BCUT2D eigenvalue weighted by Crippen LogP contribution is 2.31. The summed E-state index contributed by atoms with van der Waals surface area (Å²) in [6, 6.07) is 17.4. The fraction of sp³-hybridized carbons (Fsp3) is 0.0500. The van der Waals surface area contributed by atoms with Crippen molar-refractivity contribution in [2.45, 2.75) is 10.6 Å². The minimum Gasteiger partial charge on any atom is -0.478 e. The number of carboxylic acids is 1. The van der Waals surface area contributed by atoms with E-state index in [0.717, 1.165) is 11.1 Å². The van der Waals surface area contributed by atoms with Crippen molar-refractivity contribution < 1.29 is 18.3 Å². The maximum atomic E-state index is 12.7. The first-order valence-electron chi connectivity index (χ1n) is 7.87. The molecule has 0 radical (unpaired) electrons. The first kappa shape index (κ1) is 19.4. The molecule has 138 valence electrons. The van der Waals surface area contributed by atoms with Crippen LogP contribution in [0.3, 0.4) is 0 Å². The molecule has 3 aromatic rings. The molecule has 0 atom stereocenters. The van der Waals surface area contributed by atoms with E-state index in [9.17, 15) is 13.2 Å². The number of hydrogen-bond donors (Lipinski definition) is 1. The smallest absolute Gasteiger partial charge is 0.335 e. The predicted molar refractivity (Wildman–Crippen MR) is 106 cm³/mol. The first-order valence-corrected chi connectivity index (χ1v) is 10.3. The molecule has 0 heterocycles. The number of halogens is 2. The Bertz CT molecular complexity index is 1110. The van der Waals surface area contributed by atoms with E-state index in [1.807, 2.05) is 0 Å². The Morgan fingerprint density at radius 2 is 1.63 bits per heavy atom. The largest absolute Gasteiger partial charge is 0.478 e. The topological polar surface area (TPSA) is 71.4 Å². The Labute approximate surface area is 166 Å². The molecular weight excluding hydrogens is 407 g/mol. The molecule has 0 saturated heterocycles. The van der Waals surface area contributed by atoms with Crippen LogP contribution >= 0.6 is 23.2 Å². The molecule has 0 saturated carbocycles. The molecular formula is C20H14Cl2O4S. The molecule has 4 nitrogen and oxygen atoms in total. The van der Waals surface area contributed by atoms with Crippen LogP contribution < -0.4 is 0 Å². The molecule has 1 N–H and O–H groups in total. The second-order valence-electron chi connectivity index (χ2n) is 5.91. The average molecular weight is 421 g/mol. The second kappa shape index (κ2) is 7.72. The van der Waals surface area contributed by atoms with Gasteiger partial charge in [-0.2, -0.15) is 0 Å². The van der Waals surface area contributed by atoms with Gasteiger partial charge in [-0.1, -0.05) is 53.5 Å². The summed E-state index contributed by atoms with van der Waals surface area (Å²) in [6.45, 7) is 0. The summed E-state index contributed by atoms with van der Waals surface area (Å²) in [5.41, 5.74) is 1.98. The van der Waals surface area contributed by atoms with Crippen LogP contribution in [-0.4, -0.2) is 19.5 Å². The van der Waals surface area contributed by atoms with E-state index in [-0.39, 0.29) is 16.2 Å². The van der Waals surface area contributed by atoms with Gasteiger partial charge in [0.15, 0.2) is 9.84 Å². The van der Waals surface area contributed by atoms with Crippen LogP contribution in [0, 0.1) is 0 Å².